The molecule has 4 rings (SSSR count). The van der Waals surface area contributed by atoms with Crippen LogP contribution in [0.3, 0.4) is 0 Å². The van der Waals surface area contributed by atoms with Gasteiger partial charge in [-0.05, 0) is 29.8 Å². The molecule has 1 aliphatic carbocycles. The van der Waals surface area contributed by atoms with E-state index in [9.17, 15) is 9.59 Å². The number of hydrogen-bond acceptors (Lipinski definition) is 2. The number of carbonyl (C=O) groups excluding carboxylic acids is 2. The SMILES string of the molecule is CCn1c2c([n+](C)c1C)C(=O)c1cc3ccccc3cc1C2=O. The molecule has 4 nitrogen and oxygen atoms in total. The molecule has 0 fully saturated rings. The Morgan fingerprint density at radius 2 is 1.57 bits per heavy atom. The number of benzene rings is 2. The molecule has 1 aliphatic rings. The maximum absolute atomic E-state index is 13.1. The van der Waals surface area contributed by atoms with Gasteiger partial charge in [0.2, 0.25) is 23.0 Å². The van der Waals surface area contributed by atoms with Gasteiger partial charge in [-0.2, -0.15) is 0 Å². The zero-order chi connectivity index (χ0) is 16.3. The molecule has 4 heteroatoms. The Morgan fingerprint density at radius 3 is 2.13 bits per heavy atom. The quantitative estimate of drug-likeness (QED) is 0.507. The van der Waals surface area contributed by atoms with Gasteiger partial charge in [0.05, 0.1) is 13.6 Å². The summed E-state index contributed by atoms with van der Waals surface area (Å²) in [6, 6.07) is 11.5. The van der Waals surface area contributed by atoms with Crippen molar-refractivity contribution < 1.29 is 14.2 Å². The van der Waals surface area contributed by atoms with Crippen molar-refractivity contribution in [2.75, 3.05) is 0 Å². The second kappa shape index (κ2) is 4.62. The molecule has 2 aromatic carbocycles. The first-order valence-electron chi connectivity index (χ1n) is 7.76. The molecule has 0 unspecified atom stereocenters. The molecule has 0 atom stereocenters. The number of ketones is 2. The van der Waals surface area contributed by atoms with Crippen LogP contribution in [0.2, 0.25) is 0 Å². The standard InChI is InChI=1S/C19H17N2O2/c1-4-21-11(2)20(3)16-17(21)19(23)15-10-13-8-6-5-7-12(13)9-14(15)18(16)22/h5-10H,4H2,1-3H3/q+1. The number of imidazole rings is 1. The topological polar surface area (TPSA) is 43.0 Å². The van der Waals surface area contributed by atoms with Crippen molar-refractivity contribution in [3.63, 3.8) is 0 Å². The van der Waals surface area contributed by atoms with Gasteiger partial charge in [0.25, 0.3) is 5.82 Å². The fourth-order valence-electron chi connectivity index (χ4n) is 3.54. The second-order valence-electron chi connectivity index (χ2n) is 5.95. The Balaban J connectivity index is 2.09. The van der Waals surface area contributed by atoms with Crippen molar-refractivity contribution in [1.29, 1.82) is 0 Å². The van der Waals surface area contributed by atoms with Gasteiger partial charge in [0.1, 0.15) is 0 Å². The fourth-order valence-corrected chi connectivity index (χ4v) is 3.54. The lowest BCUT2D eigenvalue weighted by Crippen LogP contribution is -2.39. The molecule has 23 heavy (non-hydrogen) atoms. The average molecular weight is 305 g/mol. The number of nitrogens with zero attached hydrogens (tertiary/aromatic N) is 2. The van der Waals surface area contributed by atoms with E-state index in [1.165, 1.54) is 0 Å². The van der Waals surface area contributed by atoms with Gasteiger partial charge in [-0.25, -0.2) is 9.13 Å². The lowest BCUT2D eigenvalue weighted by atomic mass is 9.87. The Hall–Kier alpha value is -2.75. The summed E-state index contributed by atoms with van der Waals surface area (Å²) in [4.78, 5) is 26.1. The third kappa shape index (κ3) is 1.69. The molecule has 3 aromatic rings. The zero-order valence-electron chi connectivity index (χ0n) is 13.4. The number of rotatable bonds is 1. The first-order chi connectivity index (χ1) is 11.0. The van der Waals surface area contributed by atoms with Crippen molar-refractivity contribution >= 4 is 22.3 Å². The van der Waals surface area contributed by atoms with E-state index in [2.05, 4.69) is 0 Å². The number of fused-ring (bicyclic) bond motifs is 3. The Labute approximate surface area is 134 Å². The predicted molar refractivity (Wildman–Crippen MR) is 86.8 cm³/mol. The average Bonchev–Trinajstić information content (AvgIpc) is 2.83. The lowest BCUT2D eigenvalue weighted by molar-refractivity contribution is -0.679. The van der Waals surface area contributed by atoms with Gasteiger partial charge >= 0.3 is 0 Å². The van der Waals surface area contributed by atoms with E-state index in [1.54, 1.807) is 0 Å². The van der Waals surface area contributed by atoms with Crippen LogP contribution in [-0.4, -0.2) is 16.1 Å². The van der Waals surface area contributed by atoms with E-state index in [-0.39, 0.29) is 11.6 Å². The summed E-state index contributed by atoms with van der Waals surface area (Å²) in [5.74, 6) is 0.778. The Bertz CT molecular complexity index is 1010. The summed E-state index contributed by atoms with van der Waals surface area (Å²) in [5, 5.41) is 1.96. The molecule has 1 aromatic heterocycles. The summed E-state index contributed by atoms with van der Waals surface area (Å²) in [6.07, 6.45) is 0. The van der Waals surface area contributed by atoms with Gasteiger partial charge in [-0.3, -0.25) is 9.59 Å². The second-order valence-corrected chi connectivity index (χ2v) is 5.95. The van der Waals surface area contributed by atoms with Crippen LogP contribution in [0.1, 0.15) is 44.9 Å². The maximum atomic E-state index is 13.1. The number of hydrogen-bond donors (Lipinski definition) is 0. The van der Waals surface area contributed by atoms with Crippen LogP contribution >= 0.6 is 0 Å². The highest BCUT2D eigenvalue weighted by atomic mass is 16.1. The van der Waals surface area contributed by atoms with Crippen molar-refractivity contribution in [3.8, 4) is 0 Å². The highest BCUT2D eigenvalue weighted by Crippen LogP contribution is 2.30. The first-order valence-corrected chi connectivity index (χ1v) is 7.76. The summed E-state index contributed by atoms with van der Waals surface area (Å²) in [6.45, 7) is 4.58. The normalized spacial score (nSPS) is 13.3. The monoisotopic (exact) mass is 305 g/mol. The summed E-state index contributed by atoms with van der Waals surface area (Å²) < 4.78 is 3.75. The van der Waals surface area contributed by atoms with Gasteiger partial charge < -0.3 is 0 Å². The molecule has 0 N–H and O–H groups in total. The predicted octanol–water partition coefficient (Wildman–Crippen LogP) is 2.57. The highest BCUT2D eigenvalue weighted by molar-refractivity contribution is 6.27. The molecule has 0 amide bonds. The van der Waals surface area contributed by atoms with Crippen molar-refractivity contribution in [1.82, 2.24) is 4.57 Å². The van der Waals surface area contributed by atoms with Gasteiger partial charge in [-0.1, -0.05) is 24.3 Å². The van der Waals surface area contributed by atoms with Crippen molar-refractivity contribution in [2.45, 2.75) is 20.4 Å². The van der Waals surface area contributed by atoms with Gasteiger partial charge in [0, 0.05) is 18.1 Å². The minimum atomic E-state index is -0.0712. The molecular weight excluding hydrogens is 288 g/mol. The Kier molecular flexibility index (Phi) is 2.79. The Morgan fingerprint density at radius 1 is 1.00 bits per heavy atom. The van der Waals surface area contributed by atoms with Crippen LogP contribution in [0.4, 0.5) is 0 Å². The van der Waals surface area contributed by atoms with Gasteiger partial charge in [-0.15, -0.1) is 0 Å². The molecule has 1 heterocycles. The molecule has 0 radical (unpaired) electrons. The largest absolute Gasteiger partial charge is 0.284 e. The number of aromatic nitrogens is 2. The van der Waals surface area contributed by atoms with Crippen LogP contribution in [0.5, 0.6) is 0 Å². The van der Waals surface area contributed by atoms with E-state index in [0.717, 1.165) is 16.6 Å². The van der Waals surface area contributed by atoms with E-state index in [0.29, 0.717) is 29.1 Å². The minimum Gasteiger partial charge on any atom is -0.284 e. The highest BCUT2D eigenvalue weighted by Gasteiger charge is 2.41. The van der Waals surface area contributed by atoms with Crippen LogP contribution in [0.15, 0.2) is 36.4 Å². The van der Waals surface area contributed by atoms with E-state index in [4.69, 9.17) is 0 Å². The smallest absolute Gasteiger partial charge is 0.254 e. The molecule has 0 bridgehead atoms. The molecule has 0 aliphatic heterocycles. The van der Waals surface area contributed by atoms with Crippen LogP contribution in [0, 0.1) is 6.92 Å². The molecule has 0 spiro atoms. The fraction of sp³-hybridized carbons (Fsp3) is 0.211. The third-order valence-corrected chi connectivity index (χ3v) is 4.83. The molecule has 0 saturated carbocycles. The molecular formula is C19H17N2O2+. The van der Waals surface area contributed by atoms with E-state index < -0.39 is 0 Å². The first kappa shape index (κ1) is 13.9. The van der Waals surface area contributed by atoms with E-state index in [1.807, 2.05) is 66.4 Å². The minimum absolute atomic E-state index is 0.0640. The zero-order valence-corrected chi connectivity index (χ0v) is 13.4. The van der Waals surface area contributed by atoms with E-state index >= 15 is 0 Å². The number of carbonyl (C=O) groups is 2. The van der Waals surface area contributed by atoms with Crippen LogP contribution in [-0.2, 0) is 13.6 Å². The van der Waals surface area contributed by atoms with Crippen molar-refractivity contribution in [3.05, 3.63) is 64.7 Å². The molecule has 0 saturated heterocycles. The van der Waals surface area contributed by atoms with Gasteiger partial charge in [0.15, 0.2) is 0 Å². The third-order valence-electron chi connectivity index (χ3n) is 4.83. The maximum Gasteiger partial charge on any atom is 0.254 e. The molecule has 114 valence electrons. The lowest BCUT2D eigenvalue weighted by Gasteiger charge is -2.13. The van der Waals surface area contributed by atoms with Crippen molar-refractivity contribution in [2.24, 2.45) is 7.05 Å². The summed E-state index contributed by atoms with van der Waals surface area (Å²) >= 11 is 0. The van der Waals surface area contributed by atoms with Crippen LogP contribution in [0.25, 0.3) is 10.8 Å². The summed E-state index contributed by atoms with van der Waals surface area (Å²) in [7, 11) is 1.84. The van der Waals surface area contributed by atoms with Crippen LogP contribution < -0.4 is 4.57 Å². The summed E-state index contributed by atoms with van der Waals surface area (Å²) in [5.41, 5.74) is 2.02.